The van der Waals surface area contributed by atoms with Crippen molar-refractivity contribution in [3.05, 3.63) is 46.0 Å². The number of aromatic amines is 1. The number of halogens is 3. The molecule has 1 amide bonds. The van der Waals surface area contributed by atoms with Gasteiger partial charge >= 0.3 is 6.18 Å². The molecule has 11 nitrogen and oxygen atoms in total. The van der Waals surface area contributed by atoms with Gasteiger partial charge in [0.2, 0.25) is 5.91 Å². The average Bonchev–Trinajstić information content (AvgIpc) is 3.38. The second-order valence-electron chi connectivity index (χ2n) is 9.07. The second-order valence-corrected chi connectivity index (χ2v) is 9.07. The van der Waals surface area contributed by atoms with Gasteiger partial charge in [-0.25, -0.2) is 10.1 Å². The standard InChI is InChI=1S/C24H28F3N7O4/c25-24(26,27)22-19(13-30-31-23(22)36)34-4-3-18(14-34)15-37-9-10-38-16-21(35)33-7-5-32(6-8-33)20-2-1-17(11-28)12-29-20/h1-2,12-13,18H,3-10,14-16H2,(H,31,36). The molecular weight excluding hydrogens is 507 g/mol. The van der Waals surface area contributed by atoms with E-state index in [1.165, 1.54) is 11.1 Å². The van der Waals surface area contributed by atoms with Crippen LogP contribution in [0, 0.1) is 17.2 Å². The molecule has 2 aromatic rings. The molecule has 4 rings (SSSR count). The van der Waals surface area contributed by atoms with Gasteiger partial charge < -0.3 is 24.2 Å². The maximum Gasteiger partial charge on any atom is 0.423 e. The monoisotopic (exact) mass is 535 g/mol. The van der Waals surface area contributed by atoms with Gasteiger partial charge in [0.25, 0.3) is 5.56 Å². The van der Waals surface area contributed by atoms with E-state index in [0.29, 0.717) is 57.9 Å². The molecule has 1 unspecified atom stereocenters. The first-order valence-electron chi connectivity index (χ1n) is 12.2. The maximum atomic E-state index is 13.3. The van der Waals surface area contributed by atoms with E-state index in [9.17, 15) is 22.8 Å². The summed E-state index contributed by atoms with van der Waals surface area (Å²) in [5.74, 6) is 0.652. The van der Waals surface area contributed by atoms with Crippen molar-refractivity contribution in [1.82, 2.24) is 20.1 Å². The van der Waals surface area contributed by atoms with Crippen LogP contribution in [-0.4, -0.2) is 91.7 Å². The number of aromatic nitrogens is 3. The van der Waals surface area contributed by atoms with Crippen molar-refractivity contribution < 1.29 is 27.4 Å². The zero-order valence-electron chi connectivity index (χ0n) is 20.6. The Hall–Kier alpha value is -3.70. The van der Waals surface area contributed by atoms with Gasteiger partial charge in [0.05, 0.1) is 37.3 Å². The summed E-state index contributed by atoms with van der Waals surface area (Å²) in [4.78, 5) is 33.7. The molecule has 0 radical (unpaired) electrons. The lowest BCUT2D eigenvalue weighted by Crippen LogP contribution is -2.50. The Morgan fingerprint density at radius 2 is 1.87 bits per heavy atom. The summed E-state index contributed by atoms with van der Waals surface area (Å²) in [5, 5.41) is 14.2. The topological polar surface area (TPSA) is 128 Å². The number of pyridine rings is 1. The summed E-state index contributed by atoms with van der Waals surface area (Å²) in [6.07, 6.45) is -1.60. The molecule has 2 fully saturated rings. The number of anilines is 2. The molecular formula is C24H28F3N7O4. The first-order chi connectivity index (χ1) is 18.3. The number of nitrogens with zero attached hydrogens (tertiary/aromatic N) is 6. The fraction of sp³-hybridized carbons (Fsp3) is 0.542. The summed E-state index contributed by atoms with van der Waals surface area (Å²) in [7, 11) is 0. The predicted molar refractivity (Wildman–Crippen MR) is 130 cm³/mol. The molecule has 2 aliphatic heterocycles. The van der Waals surface area contributed by atoms with Crippen LogP contribution in [0.3, 0.4) is 0 Å². The predicted octanol–water partition coefficient (Wildman–Crippen LogP) is 1.26. The van der Waals surface area contributed by atoms with Gasteiger partial charge in [-0.1, -0.05) is 0 Å². The van der Waals surface area contributed by atoms with Crippen molar-refractivity contribution in [2.24, 2.45) is 5.92 Å². The Morgan fingerprint density at radius 1 is 1.11 bits per heavy atom. The third-order valence-electron chi connectivity index (χ3n) is 6.53. The van der Waals surface area contributed by atoms with Crippen LogP contribution >= 0.6 is 0 Å². The number of nitriles is 1. The Kier molecular flexibility index (Phi) is 8.80. The number of hydrogen-bond donors (Lipinski definition) is 1. The van der Waals surface area contributed by atoms with Crippen LogP contribution in [-0.2, 0) is 20.4 Å². The number of hydrogen-bond acceptors (Lipinski definition) is 9. The van der Waals surface area contributed by atoms with Crippen LogP contribution in [0.1, 0.15) is 17.5 Å². The largest absolute Gasteiger partial charge is 0.423 e. The SMILES string of the molecule is N#Cc1ccc(N2CCN(C(=O)COCCOCC3CCN(c4cn[nH]c(=O)c4C(F)(F)F)C3)CC2)nc1. The fourth-order valence-electron chi connectivity index (χ4n) is 4.53. The molecule has 204 valence electrons. The number of alkyl halides is 3. The minimum absolute atomic E-state index is 0.00102. The number of amides is 1. The normalized spacial score (nSPS) is 18.1. The third kappa shape index (κ3) is 6.78. The van der Waals surface area contributed by atoms with E-state index in [0.717, 1.165) is 12.0 Å². The molecule has 0 saturated carbocycles. The molecule has 14 heteroatoms. The molecule has 0 bridgehead atoms. The highest BCUT2D eigenvalue weighted by Crippen LogP contribution is 2.35. The first kappa shape index (κ1) is 27.3. The molecule has 1 atom stereocenters. The Bertz CT molecular complexity index is 1190. The van der Waals surface area contributed by atoms with Crippen molar-refractivity contribution >= 4 is 17.4 Å². The molecule has 2 aromatic heterocycles. The van der Waals surface area contributed by atoms with E-state index in [4.69, 9.17) is 14.7 Å². The van der Waals surface area contributed by atoms with E-state index in [2.05, 4.69) is 15.0 Å². The zero-order valence-corrected chi connectivity index (χ0v) is 20.6. The minimum atomic E-state index is -4.77. The highest BCUT2D eigenvalue weighted by atomic mass is 19.4. The van der Waals surface area contributed by atoms with Gasteiger partial charge in [-0.2, -0.15) is 23.5 Å². The van der Waals surface area contributed by atoms with E-state index in [-0.39, 0.29) is 37.3 Å². The van der Waals surface area contributed by atoms with E-state index >= 15 is 0 Å². The van der Waals surface area contributed by atoms with Gasteiger partial charge in [0.15, 0.2) is 0 Å². The van der Waals surface area contributed by atoms with E-state index in [1.54, 1.807) is 17.0 Å². The van der Waals surface area contributed by atoms with Crippen LogP contribution in [0.5, 0.6) is 0 Å². The average molecular weight is 536 g/mol. The molecule has 0 aliphatic carbocycles. The lowest BCUT2D eigenvalue weighted by Gasteiger charge is -2.35. The van der Waals surface area contributed by atoms with Crippen LogP contribution in [0.25, 0.3) is 0 Å². The summed E-state index contributed by atoms with van der Waals surface area (Å²) >= 11 is 0. The molecule has 2 aliphatic rings. The maximum absolute atomic E-state index is 13.3. The lowest BCUT2D eigenvalue weighted by molar-refractivity contribution is -0.138. The van der Waals surface area contributed by atoms with Gasteiger partial charge in [0, 0.05) is 51.4 Å². The molecule has 0 spiro atoms. The number of carbonyl (C=O) groups excluding carboxylic acids is 1. The van der Waals surface area contributed by atoms with Gasteiger partial charge in [0.1, 0.15) is 24.1 Å². The zero-order chi connectivity index (χ0) is 27.1. The number of piperazine rings is 1. The van der Waals surface area contributed by atoms with Crippen LogP contribution in [0.4, 0.5) is 24.7 Å². The molecule has 2 saturated heterocycles. The molecule has 0 aromatic carbocycles. The lowest BCUT2D eigenvalue weighted by atomic mass is 10.1. The van der Waals surface area contributed by atoms with Gasteiger partial charge in [-0.05, 0) is 18.6 Å². The van der Waals surface area contributed by atoms with Crippen molar-refractivity contribution in [3.8, 4) is 6.07 Å². The number of nitrogens with one attached hydrogen (secondary N) is 1. The summed E-state index contributed by atoms with van der Waals surface area (Å²) in [6, 6.07) is 5.54. The molecule has 1 N–H and O–H groups in total. The second kappa shape index (κ2) is 12.2. The number of carbonyl (C=O) groups is 1. The number of H-pyrrole nitrogens is 1. The minimum Gasteiger partial charge on any atom is -0.379 e. The summed E-state index contributed by atoms with van der Waals surface area (Å²) in [6.45, 7) is 3.75. The van der Waals surface area contributed by atoms with Crippen molar-refractivity contribution in [1.29, 1.82) is 5.26 Å². The highest BCUT2D eigenvalue weighted by molar-refractivity contribution is 5.77. The van der Waals surface area contributed by atoms with Crippen LogP contribution in [0.2, 0.25) is 0 Å². The van der Waals surface area contributed by atoms with Crippen LogP contribution in [0.15, 0.2) is 29.3 Å². The molecule has 4 heterocycles. The number of ether oxygens (including phenoxy) is 2. The first-order valence-corrected chi connectivity index (χ1v) is 12.2. The quantitative estimate of drug-likeness (QED) is 0.472. The Morgan fingerprint density at radius 3 is 2.55 bits per heavy atom. The van der Waals surface area contributed by atoms with Gasteiger partial charge in [-0.15, -0.1) is 0 Å². The highest BCUT2D eigenvalue weighted by Gasteiger charge is 2.39. The summed E-state index contributed by atoms with van der Waals surface area (Å²) in [5.41, 5.74) is -2.22. The van der Waals surface area contributed by atoms with Crippen molar-refractivity contribution in [2.75, 3.05) is 75.5 Å². The van der Waals surface area contributed by atoms with Gasteiger partial charge in [-0.3, -0.25) is 9.59 Å². The Labute approximate surface area is 216 Å². The van der Waals surface area contributed by atoms with E-state index in [1.807, 2.05) is 11.2 Å². The molecule has 38 heavy (non-hydrogen) atoms. The van der Waals surface area contributed by atoms with E-state index < -0.39 is 17.3 Å². The van der Waals surface area contributed by atoms with Crippen molar-refractivity contribution in [2.45, 2.75) is 12.6 Å². The van der Waals surface area contributed by atoms with Crippen molar-refractivity contribution in [3.63, 3.8) is 0 Å². The van der Waals surface area contributed by atoms with Crippen LogP contribution < -0.4 is 15.4 Å². The smallest absolute Gasteiger partial charge is 0.379 e. The number of rotatable bonds is 9. The fourth-order valence-corrected chi connectivity index (χ4v) is 4.53. The Balaban J connectivity index is 1.11. The third-order valence-corrected chi connectivity index (χ3v) is 6.53. The summed E-state index contributed by atoms with van der Waals surface area (Å²) < 4.78 is 51.0.